The maximum absolute atomic E-state index is 12.9. The topological polar surface area (TPSA) is 94.8 Å². The van der Waals surface area contributed by atoms with E-state index in [0.717, 1.165) is 37.7 Å². The molecule has 0 aromatic heterocycles. The SMILES string of the molecule is C[C@@H]1CC[C@]2(C(=O)O)CC[C@]3(C)C(=CC[C@@H]4[C@@]5(C)C=C(O)C(=O)C(C)(C)C5CC[C@]43C)[C@@H]2[C@]1(C)O. The predicted molar refractivity (Wildman–Crippen MR) is 135 cm³/mol. The van der Waals surface area contributed by atoms with E-state index >= 15 is 0 Å². The van der Waals surface area contributed by atoms with Crippen molar-refractivity contribution in [3.63, 3.8) is 0 Å². The molecule has 5 rings (SSSR count). The molecule has 0 aromatic rings. The smallest absolute Gasteiger partial charge is 0.310 e. The first kappa shape index (κ1) is 25.0. The number of carbonyl (C=O) groups excluding carboxylic acids is 1. The van der Waals surface area contributed by atoms with E-state index in [2.05, 4.69) is 33.8 Å². The van der Waals surface area contributed by atoms with Crippen molar-refractivity contribution >= 4 is 11.8 Å². The van der Waals surface area contributed by atoms with Crippen molar-refractivity contribution in [3.05, 3.63) is 23.5 Å². The molecule has 0 aliphatic heterocycles. The molecule has 0 bridgehead atoms. The van der Waals surface area contributed by atoms with Gasteiger partial charge in [-0.1, -0.05) is 53.2 Å². The molecule has 0 spiro atoms. The Hall–Kier alpha value is -1.62. The molecule has 5 nitrogen and oxygen atoms in total. The number of fused-ring (bicyclic) bond motifs is 7. The summed E-state index contributed by atoms with van der Waals surface area (Å²) >= 11 is 0. The van der Waals surface area contributed by atoms with Crippen LogP contribution in [0.15, 0.2) is 23.5 Å². The van der Waals surface area contributed by atoms with Gasteiger partial charge in [-0.25, -0.2) is 0 Å². The molecular formula is C30H44O5. The van der Waals surface area contributed by atoms with Crippen LogP contribution < -0.4 is 0 Å². The van der Waals surface area contributed by atoms with Gasteiger partial charge in [-0.2, -0.15) is 0 Å². The maximum atomic E-state index is 12.9. The van der Waals surface area contributed by atoms with Crippen molar-refractivity contribution in [1.29, 1.82) is 0 Å². The molecule has 3 N–H and O–H groups in total. The van der Waals surface area contributed by atoms with Crippen LogP contribution in [0.25, 0.3) is 0 Å². The molecule has 0 aromatic carbocycles. The van der Waals surface area contributed by atoms with Gasteiger partial charge in [0.05, 0.1) is 11.0 Å². The number of aliphatic hydroxyl groups excluding tert-OH is 1. The van der Waals surface area contributed by atoms with Gasteiger partial charge in [-0.05, 0) is 91.9 Å². The number of hydrogen-bond acceptors (Lipinski definition) is 4. The fourth-order valence-corrected chi connectivity index (χ4v) is 10.3. The third-order valence-electron chi connectivity index (χ3n) is 12.8. The Kier molecular flexibility index (Phi) is 5.03. The number of allylic oxidation sites excluding steroid dienone is 3. The van der Waals surface area contributed by atoms with Gasteiger partial charge in [-0.15, -0.1) is 0 Å². The van der Waals surface area contributed by atoms with Crippen LogP contribution >= 0.6 is 0 Å². The molecule has 35 heavy (non-hydrogen) atoms. The van der Waals surface area contributed by atoms with Crippen LogP contribution in [0.5, 0.6) is 0 Å². The minimum absolute atomic E-state index is 0.0343. The molecule has 3 fully saturated rings. The largest absolute Gasteiger partial charge is 0.505 e. The van der Waals surface area contributed by atoms with Crippen molar-refractivity contribution < 1.29 is 24.9 Å². The van der Waals surface area contributed by atoms with Gasteiger partial charge in [0, 0.05) is 11.3 Å². The molecular weight excluding hydrogens is 440 g/mol. The van der Waals surface area contributed by atoms with Gasteiger partial charge in [0.15, 0.2) is 5.76 Å². The lowest BCUT2D eigenvalue weighted by Gasteiger charge is -2.70. The van der Waals surface area contributed by atoms with Crippen molar-refractivity contribution in [1.82, 2.24) is 0 Å². The van der Waals surface area contributed by atoms with E-state index < -0.39 is 28.3 Å². The zero-order valence-corrected chi connectivity index (χ0v) is 22.6. The summed E-state index contributed by atoms with van der Waals surface area (Å²) in [5, 5.41) is 33.1. The van der Waals surface area contributed by atoms with Crippen LogP contribution in [-0.4, -0.2) is 32.7 Å². The summed E-state index contributed by atoms with van der Waals surface area (Å²) in [5.74, 6) is -1.01. The number of hydrogen-bond donors (Lipinski definition) is 3. The standard InChI is InChI=1S/C30H44O5/c1-17-10-13-30(24(33)34)15-14-27(5)18(22(30)29(17,7)35)8-9-21-26(4)16-19(31)23(32)25(2,3)20(26)11-12-28(21,27)6/h8,16-17,20-22,31,35H,9-15H2,1-7H3,(H,33,34)/t17-,20?,21-,22-,26+,27-,28-,29-,30+/m1/s1. The molecule has 5 heteroatoms. The van der Waals surface area contributed by atoms with Gasteiger partial charge in [0.2, 0.25) is 5.78 Å². The Morgan fingerprint density at radius 3 is 2.26 bits per heavy atom. The average Bonchev–Trinajstić information content (AvgIpc) is 2.75. The molecule has 5 aliphatic rings. The Morgan fingerprint density at radius 2 is 1.63 bits per heavy atom. The van der Waals surface area contributed by atoms with E-state index in [1.165, 1.54) is 0 Å². The minimum atomic E-state index is -1.08. The van der Waals surface area contributed by atoms with Crippen molar-refractivity contribution in [2.24, 2.45) is 50.7 Å². The van der Waals surface area contributed by atoms with E-state index in [4.69, 9.17) is 0 Å². The van der Waals surface area contributed by atoms with Gasteiger partial charge in [-0.3, -0.25) is 9.59 Å². The van der Waals surface area contributed by atoms with E-state index in [1.807, 2.05) is 26.8 Å². The van der Waals surface area contributed by atoms with Crippen molar-refractivity contribution in [2.45, 2.75) is 99.0 Å². The maximum Gasteiger partial charge on any atom is 0.310 e. The summed E-state index contributed by atoms with van der Waals surface area (Å²) < 4.78 is 0. The van der Waals surface area contributed by atoms with Crippen LogP contribution in [0.1, 0.15) is 93.4 Å². The Bertz CT molecular complexity index is 1050. The first-order valence-corrected chi connectivity index (χ1v) is 13.6. The third-order valence-corrected chi connectivity index (χ3v) is 12.8. The zero-order valence-electron chi connectivity index (χ0n) is 22.6. The van der Waals surface area contributed by atoms with E-state index in [-0.39, 0.29) is 45.5 Å². The van der Waals surface area contributed by atoms with Gasteiger partial charge >= 0.3 is 5.97 Å². The molecule has 1 unspecified atom stereocenters. The zero-order chi connectivity index (χ0) is 26.0. The molecule has 0 heterocycles. The number of carboxylic acid groups (broad SMARTS) is 1. The summed E-state index contributed by atoms with van der Waals surface area (Å²) in [6, 6.07) is 0. The lowest BCUT2D eigenvalue weighted by atomic mass is 9.33. The fourth-order valence-electron chi connectivity index (χ4n) is 10.3. The highest BCUT2D eigenvalue weighted by molar-refractivity contribution is 5.98. The lowest BCUT2D eigenvalue weighted by Crippen LogP contribution is -2.67. The lowest BCUT2D eigenvalue weighted by molar-refractivity contribution is -0.199. The van der Waals surface area contributed by atoms with Crippen LogP contribution in [0.3, 0.4) is 0 Å². The van der Waals surface area contributed by atoms with Crippen LogP contribution in [0.4, 0.5) is 0 Å². The Morgan fingerprint density at radius 1 is 0.971 bits per heavy atom. The highest BCUT2D eigenvalue weighted by Gasteiger charge is 2.71. The number of carbonyl (C=O) groups is 2. The summed E-state index contributed by atoms with van der Waals surface area (Å²) in [6.45, 7) is 14.8. The predicted octanol–water partition coefficient (Wildman–Crippen LogP) is 6.07. The Balaban J connectivity index is 1.68. The van der Waals surface area contributed by atoms with Gasteiger partial charge in [0.1, 0.15) is 0 Å². The van der Waals surface area contributed by atoms with Crippen LogP contribution in [0, 0.1) is 50.7 Å². The molecule has 194 valence electrons. The minimum Gasteiger partial charge on any atom is -0.505 e. The first-order chi connectivity index (χ1) is 16.0. The summed E-state index contributed by atoms with van der Waals surface area (Å²) in [6.07, 6.45) is 9.49. The fraction of sp³-hybridized carbons (Fsp3) is 0.800. The van der Waals surface area contributed by atoms with Crippen LogP contribution in [-0.2, 0) is 9.59 Å². The van der Waals surface area contributed by atoms with Crippen molar-refractivity contribution in [2.75, 3.05) is 0 Å². The average molecular weight is 485 g/mol. The molecule has 0 amide bonds. The quantitative estimate of drug-likeness (QED) is 0.392. The van der Waals surface area contributed by atoms with Gasteiger partial charge < -0.3 is 15.3 Å². The molecule has 5 aliphatic carbocycles. The van der Waals surface area contributed by atoms with Crippen molar-refractivity contribution in [3.8, 4) is 0 Å². The number of ketones is 1. The number of rotatable bonds is 1. The second-order valence-electron chi connectivity index (χ2n) is 14.3. The normalized spacial score (nSPS) is 52.7. The first-order valence-electron chi connectivity index (χ1n) is 13.6. The number of aliphatic hydroxyl groups is 2. The summed E-state index contributed by atoms with van der Waals surface area (Å²) in [7, 11) is 0. The number of carboxylic acids is 1. The number of aliphatic carboxylic acids is 1. The molecule has 3 saturated carbocycles. The van der Waals surface area contributed by atoms with E-state index in [1.54, 1.807) is 0 Å². The molecule has 0 saturated heterocycles. The monoisotopic (exact) mass is 484 g/mol. The number of Topliss-reactive ketones (excluding diaryl/α,β-unsaturated/α-hetero) is 1. The summed E-state index contributed by atoms with van der Waals surface area (Å²) in [5.41, 5.74) is -2.16. The summed E-state index contributed by atoms with van der Waals surface area (Å²) in [4.78, 5) is 25.7. The van der Waals surface area contributed by atoms with Gasteiger partial charge in [0.25, 0.3) is 0 Å². The molecule has 9 atom stereocenters. The Labute approximate surface area is 210 Å². The third kappa shape index (κ3) is 2.74. The highest BCUT2D eigenvalue weighted by atomic mass is 16.4. The van der Waals surface area contributed by atoms with E-state index in [0.29, 0.717) is 12.8 Å². The van der Waals surface area contributed by atoms with E-state index in [9.17, 15) is 24.9 Å². The highest BCUT2D eigenvalue weighted by Crippen LogP contribution is 2.75. The molecule has 0 radical (unpaired) electrons. The second-order valence-corrected chi connectivity index (χ2v) is 14.3. The second kappa shape index (κ2) is 7.02. The van der Waals surface area contributed by atoms with Crippen LogP contribution in [0.2, 0.25) is 0 Å².